The van der Waals surface area contributed by atoms with Gasteiger partial charge in [-0.05, 0) is 37.5 Å². The molecule has 94 valence electrons. The van der Waals surface area contributed by atoms with Gasteiger partial charge in [0.25, 0.3) is 0 Å². The number of aliphatic hydroxyl groups excluding tert-OH is 1. The zero-order valence-electron chi connectivity index (χ0n) is 10.2. The second-order valence-electron chi connectivity index (χ2n) is 4.90. The van der Waals surface area contributed by atoms with E-state index in [1.165, 1.54) is 12.0 Å². The molecule has 1 aliphatic rings. The molecule has 0 saturated heterocycles. The molecule has 0 amide bonds. The number of halogens is 1. The van der Waals surface area contributed by atoms with E-state index < -0.39 is 0 Å². The molecule has 0 aromatic heterocycles. The van der Waals surface area contributed by atoms with Crippen molar-refractivity contribution in [1.29, 1.82) is 0 Å². The van der Waals surface area contributed by atoms with E-state index in [0.29, 0.717) is 6.04 Å². The first-order valence-electron chi connectivity index (χ1n) is 6.36. The highest BCUT2D eigenvalue weighted by atomic mass is 79.9. The monoisotopic (exact) mass is 297 g/mol. The van der Waals surface area contributed by atoms with E-state index in [1.54, 1.807) is 0 Å². The average Bonchev–Trinajstić information content (AvgIpc) is 2.33. The molecular weight excluding hydrogens is 278 g/mol. The van der Waals surface area contributed by atoms with Gasteiger partial charge in [0.15, 0.2) is 0 Å². The van der Waals surface area contributed by atoms with Crippen molar-refractivity contribution in [2.24, 2.45) is 0 Å². The van der Waals surface area contributed by atoms with Gasteiger partial charge in [-0.1, -0.05) is 40.9 Å². The van der Waals surface area contributed by atoms with Crippen molar-refractivity contribution in [2.45, 2.75) is 50.8 Å². The van der Waals surface area contributed by atoms with Crippen LogP contribution < -0.4 is 5.32 Å². The molecule has 2 rings (SSSR count). The smallest absolute Gasteiger partial charge is 0.0693 e. The number of aliphatic hydroxyl groups is 1. The Balaban J connectivity index is 1.95. The van der Waals surface area contributed by atoms with Crippen LogP contribution in [-0.4, -0.2) is 17.3 Å². The molecule has 0 spiro atoms. The topological polar surface area (TPSA) is 32.3 Å². The molecule has 1 aliphatic carbocycles. The Morgan fingerprint density at radius 1 is 1.24 bits per heavy atom. The minimum atomic E-state index is -0.179. The fraction of sp³-hybridized carbons (Fsp3) is 0.571. The summed E-state index contributed by atoms with van der Waals surface area (Å²) in [4.78, 5) is 0. The normalized spacial score (nSPS) is 26.8. The second-order valence-corrected chi connectivity index (χ2v) is 5.81. The zero-order chi connectivity index (χ0) is 12.3. The van der Waals surface area contributed by atoms with Crippen LogP contribution in [0.3, 0.4) is 0 Å². The Labute approximate surface area is 112 Å². The van der Waals surface area contributed by atoms with Crippen LogP contribution in [0.25, 0.3) is 0 Å². The van der Waals surface area contributed by atoms with Gasteiger partial charge in [0.1, 0.15) is 0 Å². The first kappa shape index (κ1) is 13.1. The maximum Gasteiger partial charge on any atom is 0.0693 e. The van der Waals surface area contributed by atoms with E-state index in [-0.39, 0.29) is 12.1 Å². The van der Waals surface area contributed by atoms with Crippen molar-refractivity contribution in [3.63, 3.8) is 0 Å². The lowest BCUT2D eigenvalue weighted by Gasteiger charge is -2.31. The van der Waals surface area contributed by atoms with Gasteiger partial charge in [-0.3, -0.25) is 0 Å². The lowest BCUT2D eigenvalue weighted by molar-refractivity contribution is 0.0860. The molecule has 1 fully saturated rings. The summed E-state index contributed by atoms with van der Waals surface area (Å²) in [6.07, 6.45) is 4.22. The highest BCUT2D eigenvalue weighted by Gasteiger charge is 2.24. The summed E-state index contributed by atoms with van der Waals surface area (Å²) in [7, 11) is 0. The largest absolute Gasteiger partial charge is 0.392 e. The third kappa shape index (κ3) is 3.54. The van der Waals surface area contributed by atoms with E-state index in [0.717, 1.165) is 23.7 Å². The average molecular weight is 298 g/mol. The van der Waals surface area contributed by atoms with Crippen LogP contribution >= 0.6 is 15.9 Å². The molecule has 3 heteroatoms. The van der Waals surface area contributed by atoms with Gasteiger partial charge in [-0.2, -0.15) is 0 Å². The molecule has 0 radical (unpaired) electrons. The number of hydrogen-bond acceptors (Lipinski definition) is 2. The third-order valence-electron chi connectivity index (χ3n) is 3.56. The maximum absolute atomic E-state index is 9.94. The molecule has 0 aliphatic heterocycles. The van der Waals surface area contributed by atoms with Crippen LogP contribution in [-0.2, 0) is 0 Å². The summed E-state index contributed by atoms with van der Waals surface area (Å²) in [6.45, 7) is 2.16. The van der Waals surface area contributed by atoms with Crippen LogP contribution in [0.5, 0.6) is 0 Å². The number of rotatable bonds is 3. The summed E-state index contributed by atoms with van der Waals surface area (Å²) >= 11 is 3.44. The molecular formula is C14H20BrNO. The van der Waals surface area contributed by atoms with Gasteiger partial charge in [0.05, 0.1) is 6.10 Å². The van der Waals surface area contributed by atoms with Crippen molar-refractivity contribution < 1.29 is 5.11 Å². The van der Waals surface area contributed by atoms with E-state index in [2.05, 4.69) is 52.4 Å². The molecule has 2 N–H and O–H groups in total. The fourth-order valence-electron chi connectivity index (χ4n) is 2.47. The van der Waals surface area contributed by atoms with Crippen LogP contribution in [0.15, 0.2) is 28.7 Å². The first-order valence-corrected chi connectivity index (χ1v) is 7.15. The number of hydrogen-bond donors (Lipinski definition) is 2. The zero-order valence-corrected chi connectivity index (χ0v) is 11.8. The quantitative estimate of drug-likeness (QED) is 0.896. The van der Waals surface area contributed by atoms with Crippen molar-refractivity contribution in [3.8, 4) is 0 Å². The maximum atomic E-state index is 9.94. The Bertz CT molecular complexity index is 352. The van der Waals surface area contributed by atoms with Gasteiger partial charge >= 0.3 is 0 Å². The molecule has 1 saturated carbocycles. The summed E-state index contributed by atoms with van der Waals surface area (Å²) in [5.41, 5.74) is 1.27. The highest BCUT2D eigenvalue weighted by Crippen LogP contribution is 2.22. The molecule has 0 bridgehead atoms. The van der Waals surface area contributed by atoms with E-state index in [4.69, 9.17) is 0 Å². The fourth-order valence-corrected chi connectivity index (χ4v) is 2.74. The molecule has 1 aromatic carbocycles. The van der Waals surface area contributed by atoms with Crippen molar-refractivity contribution in [1.82, 2.24) is 5.32 Å². The van der Waals surface area contributed by atoms with Crippen LogP contribution in [0, 0.1) is 0 Å². The molecule has 3 atom stereocenters. The Morgan fingerprint density at radius 3 is 2.53 bits per heavy atom. The lowest BCUT2D eigenvalue weighted by Crippen LogP contribution is -2.43. The van der Waals surface area contributed by atoms with Gasteiger partial charge in [-0.15, -0.1) is 0 Å². The molecule has 2 nitrogen and oxygen atoms in total. The molecule has 17 heavy (non-hydrogen) atoms. The molecule has 1 aromatic rings. The standard InChI is InChI=1S/C14H20BrNO/c1-10(11-6-8-12(15)9-7-11)16-13-4-2-3-5-14(13)17/h6-10,13-14,16-17H,2-5H2,1H3/t10-,13-,14-/m0/s1. The lowest BCUT2D eigenvalue weighted by atomic mass is 9.91. The SMILES string of the molecule is C[C@H](N[C@H]1CCCC[C@@H]1O)c1ccc(Br)cc1. The summed E-state index contributed by atoms with van der Waals surface area (Å²) in [5, 5.41) is 13.5. The van der Waals surface area contributed by atoms with Crippen LogP contribution in [0.2, 0.25) is 0 Å². The Morgan fingerprint density at radius 2 is 1.88 bits per heavy atom. The van der Waals surface area contributed by atoms with Gasteiger partial charge in [0.2, 0.25) is 0 Å². The number of benzene rings is 1. The molecule has 0 unspecified atom stereocenters. The summed E-state index contributed by atoms with van der Waals surface area (Å²) in [6, 6.07) is 8.91. The van der Waals surface area contributed by atoms with Crippen molar-refractivity contribution in [3.05, 3.63) is 34.3 Å². The van der Waals surface area contributed by atoms with Gasteiger partial charge < -0.3 is 10.4 Å². The minimum absolute atomic E-state index is 0.179. The van der Waals surface area contributed by atoms with Crippen molar-refractivity contribution in [2.75, 3.05) is 0 Å². The van der Waals surface area contributed by atoms with Crippen LogP contribution in [0.4, 0.5) is 0 Å². The minimum Gasteiger partial charge on any atom is -0.392 e. The Hall–Kier alpha value is -0.380. The highest BCUT2D eigenvalue weighted by molar-refractivity contribution is 9.10. The summed E-state index contributed by atoms with van der Waals surface area (Å²) in [5.74, 6) is 0. The third-order valence-corrected chi connectivity index (χ3v) is 4.09. The second kappa shape index (κ2) is 5.98. The van der Waals surface area contributed by atoms with E-state index in [9.17, 15) is 5.11 Å². The first-order chi connectivity index (χ1) is 8.16. The van der Waals surface area contributed by atoms with Gasteiger partial charge in [-0.25, -0.2) is 0 Å². The predicted molar refractivity (Wildman–Crippen MR) is 74.0 cm³/mol. The van der Waals surface area contributed by atoms with Crippen LogP contribution in [0.1, 0.15) is 44.2 Å². The van der Waals surface area contributed by atoms with Gasteiger partial charge in [0, 0.05) is 16.6 Å². The molecule has 0 heterocycles. The predicted octanol–water partition coefficient (Wildman–Crippen LogP) is 3.40. The summed E-state index contributed by atoms with van der Waals surface area (Å²) < 4.78 is 1.10. The number of nitrogens with one attached hydrogen (secondary N) is 1. The van der Waals surface area contributed by atoms with E-state index in [1.807, 2.05) is 0 Å². The van der Waals surface area contributed by atoms with E-state index >= 15 is 0 Å². The Kier molecular flexibility index (Phi) is 4.60. The van der Waals surface area contributed by atoms with Crippen molar-refractivity contribution >= 4 is 15.9 Å².